The Labute approximate surface area is 165 Å². The largest absolute Gasteiger partial charge is 0.340 e. The van der Waals surface area contributed by atoms with Crippen LogP contribution < -0.4 is 5.32 Å². The maximum Gasteiger partial charge on any atom is 0.253 e. The molecule has 0 unspecified atom stereocenters. The highest BCUT2D eigenvalue weighted by molar-refractivity contribution is 7.98. The summed E-state index contributed by atoms with van der Waals surface area (Å²) in [7, 11) is 0. The molecule has 1 amide bonds. The summed E-state index contributed by atoms with van der Waals surface area (Å²) in [5, 5.41) is 13.7. The van der Waals surface area contributed by atoms with Gasteiger partial charge in [-0.3, -0.25) is 9.89 Å². The highest BCUT2D eigenvalue weighted by Crippen LogP contribution is 2.26. The fourth-order valence-corrected chi connectivity index (χ4v) is 3.16. The first-order chi connectivity index (χ1) is 13.0. The van der Waals surface area contributed by atoms with Crippen molar-refractivity contribution in [2.24, 2.45) is 5.92 Å². The molecule has 0 fully saturated rings. The van der Waals surface area contributed by atoms with Crippen molar-refractivity contribution < 1.29 is 9.32 Å². The minimum atomic E-state index is -0.448. The van der Waals surface area contributed by atoms with Crippen molar-refractivity contribution in [2.75, 3.05) is 6.26 Å². The Morgan fingerprint density at radius 1 is 1.41 bits per heavy atom. The first-order valence-electron chi connectivity index (χ1n) is 8.31. The quantitative estimate of drug-likeness (QED) is 0.575. The average Bonchev–Trinajstić information content (AvgIpc) is 3.32. The number of amides is 1. The molecule has 27 heavy (non-hydrogen) atoms. The predicted octanol–water partition coefficient (Wildman–Crippen LogP) is 3.75. The third-order valence-electron chi connectivity index (χ3n) is 3.80. The number of hydrogen-bond donors (Lipinski definition) is 2. The summed E-state index contributed by atoms with van der Waals surface area (Å²) < 4.78 is 5.36. The van der Waals surface area contributed by atoms with Crippen LogP contribution in [0.25, 0.3) is 11.6 Å². The van der Waals surface area contributed by atoms with Gasteiger partial charge in [0.15, 0.2) is 5.82 Å². The van der Waals surface area contributed by atoms with Gasteiger partial charge in [-0.25, -0.2) is 4.98 Å². The number of H-pyrrole nitrogens is 1. The van der Waals surface area contributed by atoms with Gasteiger partial charge in [-0.05, 0) is 36.8 Å². The molecule has 3 rings (SSSR count). The molecule has 2 aromatic heterocycles. The van der Waals surface area contributed by atoms with Crippen molar-refractivity contribution >= 4 is 29.3 Å². The normalized spacial score (nSPS) is 12.3. The molecule has 0 saturated carbocycles. The zero-order chi connectivity index (χ0) is 19.4. The Balaban J connectivity index is 1.84. The molecule has 0 radical (unpaired) electrons. The number of nitrogens with one attached hydrogen (secondary N) is 2. The van der Waals surface area contributed by atoms with E-state index in [0.717, 1.165) is 4.90 Å². The summed E-state index contributed by atoms with van der Waals surface area (Å²) in [6.07, 6.45) is 3.93. The molecule has 0 saturated heterocycles. The van der Waals surface area contributed by atoms with Gasteiger partial charge < -0.3 is 9.84 Å². The van der Waals surface area contributed by atoms with E-state index in [1.54, 1.807) is 23.9 Å². The summed E-state index contributed by atoms with van der Waals surface area (Å²) in [5.74, 6) is 0.994. The van der Waals surface area contributed by atoms with E-state index in [0.29, 0.717) is 34.6 Å². The van der Waals surface area contributed by atoms with E-state index in [-0.39, 0.29) is 11.7 Å². The number of benzene rings is 1. The molecular formula is C17H19ClN6O2S. The number of aromatic nitrogens is 5. The third-order valence-corrected chi connectivity index (χ3v) is 4.85. The van der Waals surface area contributed by atoms with E-state index in [4.69, 9.17) is 16.1 Å². The zero-order valence-corrected chi connectivity index (χ0v) is 16.6. The molecular weight excluding hydrogens is 388 g/mol. The number of thioether (sulfide) groups is 1. The molecule has 0 aliphatic carbocycles. The maximum atomic E-state index is 12.8. The number of aromatic amines is 1. The van der Waals surface area contributed by atoms with E-state index < -0.39 is 6.04 Å². The van der Waals surface area contributed by atoms with E-state index in [9.17, 15) is 4.79 Å². The minimum absolute atomic E-state index is 0.285. The first kappa shape index (κ1) is 19.4. The fraction of sp³-hybridized carbons (Fsp3) is 0.353. The van der Waals surface area contributed by atoms with Crippen LogP contribution in [0.4, 0.5) is 0 Å². The molecule has 0 aliphatic heterocycles. The number of rotatable bonds is 7. The van der Waals surface area contributed by atoms with Crippen LogP contribution in [-0.2, 0) is 0 Å². The van der Waals surface area contributed by atoms with Crippen molar-refractivity contribution in [1.82, 2.24) is 30.6 Å². The zero-order valence-electron chi connectivity index (χ0n) is 15.1. The van der Waals surface area contributed by atoms with Crippen molar-refractivity contribution in [1.29, 1.82) is 0 Å². The van der Waals surface area contributed by atoms with Crippen molar-refractivity contribution in [3.63, 3.8) is 0 Å². The second-order valence-electron chi connectivity index (χ2n) is 6.29. The monoisotopic (exact) mass is 406 g/mol. The molecule has 3 aromatic rings. The van der Waals surface area contributed by atoms with Gasteiger partial charge in [0.25, 0.3) is 5.91 Å². The molecule has 1 atom stereocenters. The van der Waals surface area contributed by atoms with Gasteiger partial charge in [-0.15, -0.1) is 11.8 Å². The third kappa shape index (κ3) is 4.67. The highest BCUT2D eigenvalue weighted by Gasteiger charge is 2.25. The number of halogens is 1. The molecule has 2 heterocycles. The molecule has 142 valence electrons. The lowest BCUT2D eigenvalue weighted by atomic mass is 10.0. The van der Waals surface area contributed by atoms with Crippen LogP contribution in [-0.4, -0.2) is 37.5 Å². The summed E-state index contributed by atoms with van der Waals surface area (Å²) in [4.78, 5) is 22.1. The minimum Gasteiger partial charge on any atom is -0.340 e. The first-order valence-corrected chi connectivity index (χ1v) is 9.92. The molecule has 0 aliphatic rings. The van der Waals surface area contributed by atoms with Gasteiger partial charge in [0.05, 0.1) is 10.6 Å². The van der Waals surface area contributed by atoms with Crippen molar-refractivity contribution in [3.05, 3.63) is 41.0 Å². The van der Waals surface area contributed by atoms with Crippen molar-refractivity contribution in [3.8, 4) is 11.6 Å². The highest BCUT2D eigenvalue weighted by atomic mass is 35.5. The van der Waals surface area contributed by atoms with Gasteiger partial charge in [0, 0.05) is 4.90 Å². The lowest BCUT2D eigenvalue weighted by molar-refractivity contribution is 0.0922. The Morgan fingerprint density at radius 2 is 2.22 bits per heavy atom. The van der Waals surface area contributed by atoms with Gasteiger partial charge in [0.1, 0.15) is 12.4 Å². The van der Waals surface area contributed by atoms with E-state index in [1.165, 1.54) is 6.33 Å². The standard InChI is InChI=1S/C17H19ClN6O2S/c1-9(2)6-13(17-22-15(24-26-17)14-19-8-20-23-14)21-16(25)11-7-10(27-3)4-5-12(11)18/h4-5,7-9,13H,6H2,1-3H3,(H,21,25)(H,19,20,23)/t13-/m0/s1. The van der Waals surface area contributed by atoms with Crippen molar-refractivity contribution in [2.45, 2.75) is 31.2 Å². The topological polar surface area (TPSA) is 110 Å². The number of nitrogens with zero attached hydrogens (tertiary/aromatic N) is 4. The second kappa shape index (κ2) is 8.53. The van der Waals surface area contributed by atoms with E-state index in [1.807, 2.05) is 26.2 Å². The van der Waals surface area contributed by atoms with Gasteiger partial charge >= 0.3 is 0 Å². The lowest BCUT2D eigenvalue weighted by Crippen LogP contribution is -2.30. The molecule has 0 bridgehead atoms. The summed E-state index contributed by atoms with van der Waals surface area (Å²) >= 11 is 7.76. The number of carbonyl (C=O) groups is 1. The Morgan fingerprint density at radius 3 is 2.89 bits per heavy atom. The molecule has 1 aromatic carbocycles. The number of carbonyl (C=O) groups excluding carboxylic acids is 1. The van der Waals surface area contributed by atoms with Gasteiger partial charge in [0.2, 0.25) is 11.7 Å². The SMILES string of the molecule is CSc1ccc(Cl)c(C(=O)N[C@@H](CC(C)C)c2nc(-c3ncn[nH]3)no2)c1. The summed E-state index contributed by atoms with van der Waals surface area (Å²) in [5.41, 5.74) is 0.409. The molecule has 8 nitrogen and oxygen atoms in total. The number of hydrogen-bond acceptors (Lipinski definition) is 7. The van der Waals surface area contributed by atoms with Crippen LogP contribution in [0.15, 0.2) is 33.9 Å². The van der Waals surface area contributed by atoms with Gasteiger partial charge in [-0.1, -0.05) is 30.6 Å². The second-order valence-corrected chi connectivity index (χ2v) is 7.58. The smallest absolute Gasteiger partial charge is 0.253 e. The summed E-state index contributed by atoms with van der Waals surface area (Å²) in [6, 6.07) is 4.91. The van der Waals surface area contributed by atoms with Crippen LogP contribution in [0.1, 0.15) is 42.6 Å². The van der Waals surface area contributed by atoms with E-state index >= 15 is 0 Å². The van der Waals surface area contributed by atoms with E-state index in [2.05, 4.69) is 30.6 Å². The van der Waals surface area contributed by atoms with Crippen LogP contribution in [0.2, 0.25) is 5.02 Å². The van der Waals surface area contributed by atoms with Crippen LogP contribution in [0, 0.1) is 5.92 Å². The maximum absolute atomic E-state index is 12.8. The fourth-order valence-electron chi connectivity index (χ4n) is 2.52. The van der Waals surface area contributed by atoms with Crippen LogP contribution >= 0.6 is 23.4 Å². The Kier molecular flexibility index (Phi) is 6.12. The summed E-state index contributed by atoms with van der Waals surface area (Å²) in [6.45, 7) is 4.10. The average molecular weight is 407 g/mol. The lowest BCUT2D eigenvalue weighted by Gasteiger charge is -2.17. The Hall–Kier alpha value is -2.39. The van der Waals surface area contributed by atoms with Crippen LogP contribution in [0.5, 0.6) is 0 Å². The molecule has 10 heteroatoms. The Bertz CT molecular complexity index is 912. The molecule has 0 spiro atoms. The van der Waals surface area contributed by atoms with Gasteiger partial charge in [-0.2, -0.15) is 10.1 Å². The van der Waals surface area contributed by atoms with Crippen LogP contribution in [0.3, 0.4) is 0 Å². The predicted molar refractivity (Wildman–Crippen MR) is 103 cm³/mol. The molecule has 2 N–H and O–H groups in total.